The van der Waals surface area contributed by atoms with Gasteiger partial charge in [-0.3, -0.25) is 9.88 Å². The summed E-state index contributed by atoms with van der Waals surface area (Å²) in [5, 5.41) is 0. The molecule has 3 rings (SSSR count). The van der Waals surface area contributed by atoms with Gasteiger partial charge in [-0.15, -0.1) is 0 Å². The number of nitrogens with two attached hydrogens (primary N) is 1. The van der Waals surface area contributed by atoms with Gasteiger partial charge < -0.3 is 5.73 Å². The molecule has 0 aliphatic heterocycles. The zero-order valence-corrected chi connectivity index (χ0v) is 11.2. The maximum atomic E-state index is 6.16. The predicted octanol–water partition coefficient (Wildman–Crippen LogP) is 2.03. The van der Waals surface area contributed by atoms with E-state index in [4.69, 9.17) is 5.73 Å². The Morgan fingerprint density at radius 1 is 1.39 bits per heavy atom. The Morgan fingerprint density at radius 2 is 2.17 bits per heavy atom. The second-order valence-corrected chi connectivity index (χ2v) is 6.10. The van der Waals surface area contributed by atoms with Gasteiger partial charge in [0.25, 0.3) is 0 Å². The summed E-state index contributed by atoms with van der Waals surface area (Å²) >= 11 is 0. The maximum Gasteiger partial charge on any atom is 0.0363 e. The number of hydrogen-bond donors (Lipinski definition) is 1. The lowest BCUT2D eigenvalue weighted by molar-refractivity contribution is 0.0591. The van der Waals surface area contributed by atoms with Crippen LogP contribution in [0.25, 0.3) is 0 Å². The van der Waals surface area contributed by atoms with Crippen molar-refractivity contribution in [2.75, 3.05) is 13.6 Å². The summed E-state index contributed by atoms with van der Waals surface area (Å²) in [6, 6.07) is 4.21. The SMILES string of the molecule is CN(Cc1ccncc1)C1(CN)CC2CCC1C2. The zero-order valence-electron chi connectivity index (χ0n) is 11.2. The number of rotatable bonds is 4. The summed E-state index contributed by atoms with van der Waals surface area (Å²) in [5.74, 6) is 1.75. The molecule has 2 bridgehead atoms. The summed E-state index contributed by atoms with van der Waals surface area (Å²) in [6.45, 7) is 1.79. The van der Waals surface area contributed by atoms with Gasteiger partial charge >= 0.3 is 0 Å². The van der Waals surface area contributed by atoms with E-state index in [0.717, 1.165) is 24.9 Å². The largest absolute Gasteiger partial charge is 0.329 e. The molecule has 2 saturated carbocycles. The van der Waals surface area contributed by atoms with Crippen LogP contribution in [0.3, 0.4) is 0 Å². The van der Waals surface area contributed by atoms with E-state index in [1.807, 2.05) is 12.4 Å². The quantitative estimate of drug-likeness (QED) is 0.882. The molecule has 0 amide bonds. The van der Waals surface area contributed by atoms with Gasteiger partial charge in [-0.25, -0.2) is 0 Å². The summed E-state index contributed by atoms with van der Waals surface area (Å²) in [5.41, 5.74) is 7.75. The number of nitrogens with zero attached hydrogens (tertiary/aromatic N) is 2. The van der Waals surface area contributed by atoms with E-state index in [1.54, 1.807) is 0 Å². The number of hydrogen-bond acceptors (Lipinski definition) is 3. The van der Waals surface area contributed by atoms with Crippen LogP contribution in [-0.2, 0) is 6.54 Å². The Bertz CT molecular complexity index is 405. The fourth-order valence-corrected chi connectivity index (χ4v) is 4.21. The summed E-state index contributed by atoms with van der Waals surface area (Å²) < 4.78 is 0. The third-order valence-corrected chi connectivity index (χ3v) is 5.23. The van der Waals surface area contributed by atoms with Gasteiger partial charge in [0, 0.05) is 31.0 Å². The minimum Gasteiger partial charge on any atom is -0.329 e. The van der Waals surface area contributed by atoms with Crippen LogP contribution in [0.2, 0.25) is 0 Å². The molecule has 1 heterocycles. The first-order valence-corrected chi connectivity index (χ1v) is 7.05. The summed E-state index contributed by atoms with van der Waals surface area (Å²) in [4.78, 5) is 6.59. The van der Waals surface area contributed by atoms with Crippen LogP contribution >= 0.6 is 0 Å². The highest BCUT2D eigenvalue weighted by Crippen LogP contribution is 2.52. The number of pyridine rings is 1. The van der Waals surface area contributed by atoms with E-state index in [-0.39, 0.29) is 5.54 Å². The molecule has 3 atom stereocenters. The highest BCUT2D eigenvalue weighted by Gasteiger charge is 2.52. The molecule has 3 heteroatoms. The molecule has 0 saturated heterocycles. The molecule has 0 radical (unpaired) electrons. The van der Waals surface area contributed by atoms with Crippen molar-refractivity contribution >= 4 is 0 Å². The summed E-state index contributed by atoms with van der Waals surface area (Å²) in [6.07, 6.45) is 9.25. The lowest BCUT2D eigenvalue weighted by Gasteiger charge is -2.44. The second kappa shape index (κ2) is 4.63. The van der Waals surface area contributed by atoms with Crippen molar-refractivity contribution in [2.24, 2.45) is 17.6 Å². The van der Waals surface area contributed by atoms with E-state index >= 15 is 0 Å². The second-order valence-electron chi connectivity index (χ2n) is 6.10. The molecular formula is C15H23N3. The molecule has 2 N–H and O–H groups in total. The third-order valence-electron chi connectivity index (χ3n) is 5.23. The molecule has 2 fully saturated rings. The lowest BCUT2D eigenvalue weighted by atomic mass is 9.79. The molecule has 18 heavy (non-hydrogen) atoms. The Balaban J connectivity index is 1.76. The van der Waals surface area contributed by atoms with Crippen molar-refractivity contribution in [2.45, 2.75) is 37.8 Å². The van der Waals surface area contributed by atoms with Gasteiger partial charge in [0.15, 0.2) is 0 Å². The minimum atomic E-state index is 0.256. The van der Waals surface area contributed by atoms with E-state index in [9.17, 15) is 0 Å². The van der Waals surface area contributed by atoms with E-state index < -0.39 is 0 Å². The van der Waals surface area contributed by atoms with Crippen LogP contribution in [0.4, 0.5) is 0 Å². The van der Waals surface area contributed by atoms with Gasteiger partial charge in [0.2, 0.25) is 0 Å². The van der Waals surface area contributed by atoms with Crippen LogP contribution in [0.5, 0.6) is 0 Å². The van der Waals surface area contributed by atoms with E-state index in [0.29, 0.717) is 0 Å². The van der Waals surface area contributed by atoms with Crippen molar-refractivity contribution in [3.05, 3.63) is 30.1 Å². The van der Waals surface area contributed by atoms with E-state index in [1.165, 1.54) is 31.2 Å². The fraction of sp³-hybridized carbons (Fsp3) is 0.667. The first kappa shape index (κ1) is 12.1. The van der Waals surface area contributed by atoms with E-state index in [2.05, 4.69) is 29.1 Å². The highest BCUT2D eigenvalue weighted by atomic mass is 15.2. The molecule has 3 nitrogen and oxygen atoms in total. The first-order valence-electron chi connectivity index (χ1n) is 7.05. The van der Waals surface area contributed by atoms with Crippen LogP contribution in [-0.4, -0.2) is 29.0 Å². The van der Waals surface area contributed by atoms with Crippen molar-refractivity contribution in [1.82, 2.24) is 9.88 Å². The molecule has 1 aromatic heterocycles. The molecule has 1 aromatic rings. The molecule has 0 aromatic carbocycles. The van der Waals surface area contributed by atoms with Gasteiger partial charge in [-0.2, -0.15) is 0 Å². The standard InChI is InChI=1S/C15H23N3/c1-18(10-12-4-6-17-7-5-12)15(11-16)9-13-2-3-14(15)8-13/h4-7,13-14H,2-3,8-11,16H2,1H3. The smallest absolute Gasteiger partial charge is 0.0363 e. The predicted molar refractivity (Wildman–Crippen MR) is 72.9 cm³/mol. The van der Waals surface area contributed by atoms with Crippen LogP contribution in [0, 0.1) is 11.8 Å². The van der Waals surface area contributed by atoms with Gasteiger partial charge in [-0.05, 0) is 55.8 Å². The average molecular weight is 245 g/mol. The third kappa shape index (κ3) is 1.86. The molecule has 3 unspecified atom stereocenters. The number of aromatic nitrogens is 1. The Hall–Kier alpha value is -0.930. The lowest BCUT2D eigenvalue weighted by Crippen LogP contribution is -2.55. The van der Waals surface area contributed by atoms with Crippen LogP contribution < -0.4 is 5.73 Å². The van der Waals surface area contributed by atoms with Crippen LogP contribution in [0.1, 0.15) is 31.2 Å². The monoisotopic (exact) mass is 245 g/mol. The number of fused-ring (bicyclic) bond motifs is 2. The molecule has 2 aliphatic carbocycles. The molecular weight excluding hydrogens is 222 g/mol. The fourth-order valence-electron chi connectivity index (χ4n) is 4.21. The minimum absolute atomic E-state index is 0.256. The molecule has 2 aliphatic rings. The maximum absolute atomic E-state index is 6.16. The Morgan fingerprint density at radius 3 is 2.72 bits per heavy atom. The highest BCUT2D eigenvalue weighted by molar-refractivity contribution is 5.13. The average Bonchev–Trinajstić information content (AvgIpc) is 3.00. The van der Waals surface area contributed by atoms with Crippen molar-refractivity contribution in [1.29, 1.82) is 0 Å². The topological polar surface area (TPSA) is 42.2 Å². The van der Waals surface area contributed by atoms with Gasteiger partial charge in [-0.1, -0.05) is 6.42 Å². The van der Waals surface area contributed by atoms with Crippen molar-refractivity contribution in [3.63, 3.8) is 0 Å². The molecule has 98 valence electrons. The first-order chi connectivity index (χ1) is 8.74. The Kier molecular flexibility index (Phi) is 3.12. The normalized spacial score (nSPS) is 34.4. The molecule has 0 spiro atoms. The van der Waals surface area contributed by atoms with Crippen molar-refractivity contribution < 1.29 is 0 Å². The van der Waals surface area contributed by atoms with Gasteiger partial charge in [0.05, 0.1) is 0 Å². The zero-order chi connectivity index (χ0) is 12.6. The van der Waals surface area contributed by atoms with Crippen LogP contribution in [0.15, 0.2) is 24.5 Å². The van der Waals surface area contributed by atoms with Gasteiger partial charge in [0.1, 0.15) is 0 Å². The van der Waals surface area contributed by atoms with Crippen molar-refractivity contribution in [3.8, 4) is 0 Å². The Labute approximate surface area is 109 Å². The number of likely N-dealkylation sites (N-methyl/N-ethyl adjacent to an activating group) is 1. The summed E-state index contributed by atoms with van der Waals surface area (Å²) in [7, 11) is 2.24.